The van der Waals surface area contributed by atoms with Crippen molar-refractivity contribution in [2.45, 2.75) is 26.2 Å². The van der Waals surface area contributed by atoms with Gasteiger partial charge in [0.25, 0.3) is 0 Å². The van der Waals surface area contributed by atoms with Crippen LogP contribution in [0.15, 0.2) is 54.6 Å². The topological polar surface area (TPSA) is 66.9 Å². The van der Waals surface area contributed by atoms with E-state index in [1.54, 1.807) is 41.0 Å². The molecule has 1 saturated heterocycles. The highest BCUT2D eigenvalue weighted by Gasteiger charge is 2.26. The van der Waals surface area contributed by atoms with E-state index in [-0.39, 0.29) is 24.9 Å². The summed E-state index contributed by atoms with van der Waals surface area (Å²) in [4.78, 5) is 40.3. The second kappa shape index (κ2) is 9.17. The maximum Gasteiger partial charge on any atom is 0.338 e. The lowest BCUT2D eigenvalue weighted by Crippen LogP contribution is -2.43. The average Bonchev–Trinajstić information content (AvgIpc) is 3.12. The standard InChI is InChI=1S/C22H24N2O4/c1-2-28-22(27)18-10-12-19(13-11-18)24(16-23-14-6-9-20(23)25)21(26)15-17-7-4-3-5-8-17/h3-5,7-8,10-13H,2,6,9,14-16H2,1H3. The Morgan fingerprint density at radius 1 is 1.07 bits per heavy atom. The molecule has 1 aliphatic heterocycles. The summed E-state index contributed by atoms with van der Waals surface area (Å²) in [5.74, 6) is -0.443. The van der Waals surface area contributed by atoms with Crippen molar-refractivity contribution in [2.75, 3.05) is 24.7 Å². The number of benzene rings is 2. The smallest absolute Gasteiger partial charge is 0.338 e. The van der Waals surface area contributed by atoms with E-state index in [1.807, 2.05) is 30.3 Å². The fraction of sp³-hybridized carbons (Fsp3) is 0.318. The van der Waals surface area contributed by atoms with E-state index in [0.717, 1.165) is 12.0 Å². The number of carbonyl (C=O) groups is 3. The van der Waals surface area contributed by atoms with E-state index in [1.165, 1.54) is 0 Å². The van der Waals surface area contributed by atoms with E-state index in [0.29, 0.717) is 30.8 Å². The molecule has 0 saturated carbocycles. The zero-order valence-corrected chi connectivity index (χ0v) is 16.0. The molecule has 6 heteroatoms. The Kier molecular flexibility index (Phi) is 6.42. The number of carbonyl (C=O) groups excluding carboxylic acids is 3. The third kappa shape index (κ3) is 4.76. The summed E-state index contributed by atoms with van der Waals surface area (Å²) in [7, 11) is 0. The van der Waals surface area contributed by atoms with Crippen molar-refractivity contribution >= 4 is 23.5 Å². The van der Waals surface area contributed by atoms with Gasteiger partial charge in [0.2, 0.25) is 11.8 Å². The Balaban J connectivity index is 1.81. The molecular weight excluding hydrogens is 356 g/mol. The Hall–Kier alpha value is -3.15. The van der Waals surface area contributed by atoms with Crippen LogP contribution in [-0.4, -0.2) is 42.5 Å². The molecule has 0 unspecified atom stereocenters. The number of amides is 2. The number of nitrogens with zero attached hydrogens (tertiary/aromatic N) is 2. The van der Waals surface area contributed by atoms with Gasteiger partial charge in [-0.15, -0.1) is 0 Å². The highest BCUT2D eigenvalue weighted by molar-refractivity contribution is 5.96. The van der Waals surface area contributed by atoms with Gasteiger partial charge >= 0.3 is 5.97 Å². The molecule has 6 nitrogen and oxygen atoms in total. The van der Waals surface area contributed by atoms with Crippen LogP contribution >= 0.6 is 0 Å². The second-order valence-corrected chi connectivity index (χ2v) is 6.65. The van der Waals surface area contributed by atoms with Crippen LogP contribution in [-0.2, 0) is 20.7 Å². The van der Waals surface area contributed by atoms with E-state index in [4.69, 9.17) is 4.74 Å². The van der Waals surface area contributed by atoms with Gasteiger partial charge in [-0.05, 0) is 43.2 Å². The summed E-state index contributed by atoms with van der Waals surface area (Å²) in [5, 5.41) is 0. The number of esters is 1. The Labute approximate surface area is 164 Å². The summed E-state index contributed by atoms with van der Waals surface area (Å²) in [6.07, 6.45) is 1.56. The quantitative estimate of drug-likeness (QED) is 0.693. The van der Waals surface area contributed by atoms with Crippen LogP contribution in [0.4, 0.5) is 5.69 Å². The average molecular weight is 380 g/mol. The van der Waals surface area contributed by atoms with Crippen LogP contribution in [0.2, 0.25) is 0 Å². The number of hydrogen-bond donors (Lipinski definition) is 0. The van der Waals surface area contributed by atoms with Gasteiger partial charge < -0.3 is 9.64 Å². The van der Waals surface area contributed by atoms with Crippen LogP contribution in [0, 0.1) is 0 Å². The van der Waals surface area contributed by atoms with E-state index < -0.39 is 5.97 Å². The zero-order chi connectivity index (χ0) is 19.9. The maximum absolute atomic E-state index is 13.0. The normalized spacial score (nSPS) is 13.5. The minimum absolute atomic E-state index is 0.0562. The first-order valence-corrected chi connectivity index (χ1v) is 9.47. The molecule has 2 aromatic carbocycles. The molecule has 28 heavy (non-hydrogen) atoms. The van der Waals surface area contributed by atoms with Crippen LogP contribution in [0.3, 0.4) is 0 Å². The van der Waals surface area contributed by atoms with E-state index in [2.05, 4.69) is 0 Å². The zero-order valence-electron chi connectivity index (χ0n) is 16.0. The minimum Gasteiger partial charge on any atom is -0.462 e. The summed E-state index contributed by atoms with van der Waals surface area (Å²) < 4.78 is 5.00. The van der Waals surface area contributed by atoms with Crippen molar-refractivity contribution in [3.8, 4) is 0 Å². The monoisotopic (exact) mass is 380 g/mol. The number of rotatable bonds is 7. The molecule has 0 atom stereocenters. The summed E-state index contributed by atoms with van der Waals surface area (Å²) in [6.45, 7) is 2.92. The van der Waals surface area contributed by atoms with Gasteiger partial charge in [0.05, 0.1) is 18.6 Å². The molecule has 146 valence electrons. The van der Waals surface area contributed by atoms with Gasteiger partial charge in [0, 0.05) is 18.7 Å². The lowest BCUT2D eigenvalue weighted by atomic mass is 10.1. The molecule has 1 fully saturated rings. The first-order valence-electron chi connectivity index (χ1n) is 9.47. The van der Waals surface area contributed by atoms with Gasteiger partial charge in [-0.3, -0.25) is 14.5 Å². The molecule has 0 radical (unpaired) electrons. The largest absolute Gasteiger partial charge is 0.462 e. The SMILES string of the molecule is CCOC(=O)c1ccc(N(CN2CCCC2=O)C(=O)Cc2ccccc2)cc1. The highest BCUT2D eigenvalue weighted by atomic mass is 16.5. The molecule has 0 aliphatic carbocycles. The highest BCUT2D eigenvalue weighted by Crippen LogP contribution is 2.20. The van der Waals surface area contributed by atoms with Gasteiger partial charge in [-0.2, -0.15) is 0 Å². The van der Waals surface area contributed by atoms with Crippen LogP contribution in [0.1, 0.15) is 35.7 Å². The fourth-order valence-electron chi connectivity index (χ4n) is 3.19. The van der Waals surface area contributed by atoms with Crippen molar-refractivity contribution < 1.29 is 19.1 Å². The summed E-state index contributed by atoms with van der Waals surface area (Å²) >= 11 is 0. The lowest BCUT2D eigenvalue weighted by Gasteiger charge is -2.28. The third-order valence-electron chi connectivity index (χ3n) is 4.67. The van der Waals surface area contributed by atoms with Gasteiger partial charge in [0.1, 0.15) is 6.67 Å². The second-order valence-electron chi connectivity index (χ2n) is 6.65. The Morgan fingerprint density at radius 3 is 2.39 bits per heavy atom. The summed E-state index contributed by atoms with van der Waals surface area (Å²) in [5.41, 5.74) is 1.99. The molecule has 1 aliphatic rings. The van der Waals surface area contributed by atoms with Gasteiger partial charge in [-0.1, -0.05) is 30.3 Å². The summed E-state index contributed by atoms with van der Waals surface area (Å²) in [6, 6.07) is 16.2. The number of ether oxygens (including phenoxy) is 1. The number of anilines is 1. The molecule has 0 bridgehead atoms. The Bertz CT molecular complexity index is 833. The van der Waals surface area contributed by atoms with Crippen molar-refractivity contribution in [3.05, 3.63) is 65.7 Å². The Morgan fingerprint density at radius 2 is 1.79 bits per heavy atom. The molecule has 0 aromatic heterocycles. The van der Waals surface area contributed by atoms with Crippen molar-refractivity contribution in [3.63, 3.8) is 0 Å². The first kappa shape index (κ1) is 19.6. The molecule has 0 N–H and O–H groups in total. The molecule has 0 spiro atoms. The van der Waals surface area contributed by atoms with Crippen LogP contribution in [0.25, 0.3) is 0 Å². The van der Waals surface area contributed by atoms with Crippen molar-refractivity contribution in [1.29, 1.82) is 0 Å². The maximum atomic E-state index is 13.0. The molecule has 1 heterocycles. The predicted octanol–water partition coefficient (Wildman–Crippen LogP) is 3.02. The lowest BCUT2D eigenvalue weighted by molar-refractivity contribution is -0.128. The van der Waals surface area contributed by atoms with Crippen LogP contribution in [0.5, 0.6) is 0 Å². The molecule has 3 rings (SSSR count). The molecular formula is C22H24N2O4. The van der Waals surface area contributed by atoms with Crippen LogP contribution < -0.4 is 4.90 Å². The first-order chi connectivity index (χ1) is 13.6. The minimum atomic E-state index is -0.397. The number of likely N-dealkylation sites (tertiary alicyclic amines) is 1. The molecule has 2 amide bonds. The van der Waals surface area contributed by atoms with Gasteiger partial charge in [0.15, 0.2) is 0 Å². The van der Waals surface area contributed by atoms with E-state index >= 15 is 0 Å². The molecule has 2 aromatic rings. The van der Waals surface area contributed by atoms with Crippen molar-refractivity contribution in [2.24, 2.45) is 0 Å². The van der Waals surface area contributed by atoms with Crippen molar-refractivity contribution in [1.82, 2.24) is 4.90 Å². The third-order valence-corrected chi connectivity index (χ3v) is 4.67. The predicted molar refractivity (Wildman–Crippen MR) is 106 cm³/mol. The van der Waals surface area contributed by atoms with Gasteiger partial charge in [-0.25, -0.2) is 4.79 Å². The number of hydrogen-bond acceptors (Lipinski definition) is 4. The fourth-order valence-corrected chi connectivity index (χ4v) is 3.19. The van der Waals surface area contributed by atoms with E-state index in [9.17, 15) is 14.4 Å².